The molecule has 0 aromatic heterocycles. The molecule has 0 aromatic rings. The van der Waals surface area contributed by atoms with E-state index in [0.29, 0.717) is 5.41 Å². The molecule has 2 rings (SSSR count). The van der Waals surface area contributed by atoms with Crippen molar-refractivity contribution in [1.82, 2.24) is 0 Å². The van der Waals surface area contributed by atoms with Crippen molar-refractivity contribution in [3.05, 3.63) is 22.8 Å². The SMILES string of the molecule is CC(C)C1CC(C(C)C)C2=C1C=C(C(C)(C)C)C2. The predicted octanol–water partition coefficient (Wildman–Crippen LogP) is 5.61. The monoisotopic (exact) mass is 246 g/mol. The first-order valence-corrected chi connectivity index (χ1v) is 7.65. The standard InChI is InChI=1S/C18H30/c1-11(2)14-10-15(12(3)4)17-9-13(8-16(14)17)18(5,6)7/h8,11-12,14-15H,9-10H2,1-7H3. The Hall–Kier alpha value is -0.520. The summed E-state index contributed by atoms with van der Waals surface area (Å²) in [6, 6.07) is 0. The second kappa shape index (κ2) is 4.54. The second-order valence-corrected chi connectivity index (χ2v) is 8.01. The van der Waals surface area contributed by atoms with Crippen molar-refractivity contribution in [3.8, 4) is 0 Å². The van der Waals surface area contributed by atoms with E-state index in [1.165, 1.54) is 12.8 Å². The highest BCUT2D eigenvalue weighted by molar-refractivity contribution is 5.47. The van der Waals surface area contributed by atoms with Crippen molar-refractivity contribution in [1.29, 1.82) is 0 Å². The largest absolute Gasteiger partial charge is 0.0622 e. The van der Waals surface area contributed by atoms with Gasteiger partial charge in [-0.25, -0.2) is 0 Å². The van der Waals surface area contributed by atoms with Crippen LogP contribution in [0.2, 0.25) is 0 Å². The highest BCUT2D eigenvalue weighted by Gasteiger charge is 2.39. The fraction of sp³-hybridized carbons (Fsp3) is 0.778. The average Bonchev–Trinajstić information content (AvgIpc) is 2.70. The van der Waals surface area contributed by atoms with E-state index in [9.17, 15) is 0 Å². The van der Waals surface area contributed by atoms with Gasteiger partial charge in [-0.3, -0.25) is 0 Å². The van der Waals surface area contributed by atoms with Gasteiger partial charge < -0.3 is 0 Å². The molecule has 2 aliphatic rings. The van der Waals surface area contributed by atoms with Crippen LogP contribution in [0.1, 0.15) is 61.3 Å². The Kier molecular flexibility index (Phi) is 3.51. The summed E-state index contributed by atoms with van der Waals surface area (Å²) in [5.41, 5.74) is 5.50. The second-order valence-electron chi connectivity index (χ2n) is 8.01. The summed E-state index contributed by atoms with van der Waals surface area (Å²) in [4.78, 5) is 0. The van der Waals surface area contributed by atoms with E-state index in [1.54, 1.807) is 16.7 Å². The fourth-order valence-electron chi connectivity index (χ4n) is 3.66. The van der Waals surface area contributed by atoms with Gasteiger partial charge in [0.05, 0.1) is 0 Å². The lowest BCUT2D eigenvalue weighted by Gasteiger charge is -2.26. The minimum Gasteiger partial charge on any atom is -0.0622 e. The first-order valence-electron chi connectivity index (χ1n) is 7.65. The third kappa shape index (κ3) is 2.31. The Morgan fingerprint density at radius 1 is 1.00 bits per heavy atom. The zero-order valence-electron chi connectivity index (χ0n) is 13.3. The van der Waals surface area contributed by atoms with Gasteiger partial charge in [0, 0.05) is 0 Å². The Bertz CT molecular complexity index is 385. The third-order valence-electron chi connectivity index (χ3n) is 5.01. The summed E-state index contributed by atoms with van der Waals surface area (Å²) in [7, 11) is 0. The molecule has 2 aliphatic carbocycles. The average molecular weight is 246 g/mol. The van der Waals surface area contributed by atoms with Crippen molar-refractivity contribution < 1.29 is 0 Å². The maximum absolute atomic E-state index is 2.56. The van der Waals surface area contributed by atoms with Crippen LogP contribution in [-0.2, 0) is 0 Å². The zero-order valence-corrected chi connectivity index (χ0v) is 13.3. The van der Waals surface area contributed by atoms with Crippen molar-refractivity contribution in [3.63, 3.8) is 0 Å². The molecule has 0 spiro atoms. The molecular formula is C18H30. The fourth-order valence-corrected chi connectivity index (χ4v) is 3.66. The summed E-state index contributed by atoms with van der Waals surface area (Å²) < 4.78 is 0. The molecule has 0 heteroatoms. The molecule has 0 radical (unpaired) electrons. The first kappa shape index (κ1) is 13.9. The van der Waals surface area contributed by atoms with E-state index < -0.39 is 0 Å². The van der Waals surface area contributed by atoms with Gasteiger partial charge >= 0.3 is 0 Å². The van der Waals surface area contributed by atoms with E-state index in [-0.39, 0.29) is 0 Å². The van der Waals surface area contributed by atoms with E-state index in [1.807, 2.05) is 0 Å². The lowest BCUT2D eigenvalue weighted by Crippen LogP contribution is -2.15. The highest BCUT2D eigenvalue weighted by atomic mass is 14.4. The molecule has 2 unspecified atom stereocenters. The zero-order chi connectivity index (χ0) is 13.7. The Balaban J connectivity index is 2.30. The normalized spacial score (nSPS) is 28.4. The highest BCUT2D eigenvalue weighted by Crippen LogP contribution is 2.52. The molecule has 0 saturated carbocycles. The van der Waals surface area contributed by atoms with Crippen LogP contribution < -0.4 is 0 Å². The molecule has 0 aliphatic heterocycles. The maximum Gasteiger partial charge on any atom is -0.00911 e. The number of hydrogen-bond acceptors (Lipinski definition) is 0. The van der Waals surface area contributed by atoms with Crippen LogP contribution in [0.15, 0.2) is 22.8 Å². The van der Waals surface area contributed by atoms with E-state index >= 15 is 0 Å². The molecule has 0 N–H and O–H groups in total. The van der Waals surface area contributed by atoms with Crippen LogP contribution in [0.4, 0.5) is 0 Å². The molecule has 0 aromatic carbocycles. The molecule has 0 heterocycles. The summed E-state index contributed by atoms with van der Waals surface area (Å²) in [6.45, 7) is 16.6. The van der Waals surface area contributed by atoms with Crippen molar-refractivity contribution in [2.24, 2.45) is 29.1 Å². The van der Waals surface area contributed by atoms with Crippen molar-refractivity contribution >= 4 is 0 Å². The van der Waals surface area contributed by atoms with Crippen LogP contribution in [-0.4, -0.2) is 0 Å². The van der Waals surface area contributed by atoms with Gasteiger partial charge in [-0.15, -0.1) is 0 Å². The summed E-state index contributed by atoms with van der Waals surface area (Å²) in [5.74, 6) is 3.23. The quantitative estimate of drug-likeness (QED) is 0.594. The van der Waals surface area contributed by atoms with Crippen LogP contribution >= 0.6 is 0 Å². The molecule has 0 fully saturated rings. The number of rotatable bonds is 2. The van der Waals surface area contributed by atoms with E-state index in [4.69, 9.17) is 0 Å². The number of allylic oxidation sites excluding steroid dienone is 4. The van der Waals surface area contributed by atoms with Gasteiger partial charge in [0.15, 0.2) is 0 Å². The first-order chi connectivity index (χ1) is 8.21. The van der Waals surface area contributed by atoms with Gasteiger partial charge in [0.1, 0.15) is 0 Å². The van der Waals surface area contributed by atoms with E-state index in [2.05, 4.69) is 54.5 Å². The predicted molar refractivity (Wildman–Crippen MR) is 80.5 cm³/mol. The molecule has 18 heavy (non-hydrogen) atoms. The maximum atomic E-state index is 2.56. The molecule has 0 amide bonds. The van der Waals surface area contributed by atoms with Crippen LogP contribution in [0, 0.1) is 29.1 Å². The Morgan fingerprint density at radius 2 is 1.56 bits per heavy atom. The van der Waals surface area contributed by atoms with E-state index in [0.717, 1.165) is 23.7 Å². The molecule has 0 saturated heterocycles. The topological polar surface area (TPSA) is 0 Å². The van der Waals surface area contributed by atoms with Gasteiger partial charge in [0.25, 0.3) is 0 Å². The summed E-state index contributed by atoms with van der Waals surface area (Å²) in [6.07, 6.45) is 5.21. The lowest BCUT2D eigenvalue weighted by atomic mass is 9.79. The third-order valence-corrected chi connectivity index (χ3v) is 5.01. The lowest BCUT2D eigenvalue weighted by molar-refractivity contribution is 0.344. The molecule has 102 valence electrons. The minimum absolute atomic E-state index is 0.341. The van der Waals surface area contributed by atoms with Gasteiger partial charge in [-0.1, -0.05) is 65.7 Å². The van der Waals surface area contributed by atoms with Gasteiger partial charge in [-0.2, -0.15) is 0 Å². The Morgan fingerprint density at radius 3 is 2.00 bits per heavy atom. The van der Waals surface area contributed by atoms with Crippen molar-refractivity contribution in [2.75, 3.05) is 0 Å². The smallest absolute Gasteiger partial charge is 0.00911 e. The minimum atomic E-state index is 0.341. The number of hydrogen-bond donors (Lipinski definition) is 0. The van der Waals surface area contributed by atoms with Gasteiger partial charge in [-0.05, 0) is 47.5 Å². The van der Waals surface area contributed by atoms with Crippen LogP contribution in [0.5, 0.6) is 0 Å². The molecule has 0 nitrogen and oxygen atoms in total. The molecular weight excluding hydrogens is 216 g/mol. The molecule has 0 bridgehead atoms. The van der Waals surface area contributed by atoms with Crippen LogP contribution in [0.25, 0.3) is 0 Å². The molecule has 2 atom stereocenters. The summed E-state index contributed by atoms with van der Waals surface area (Å²) >= 11 is 0. The summed E-state index contributed by atoms with van der Waals surface area (Å²) in [5, 5.41) is 0. The van der Waals surface area contributed by atoms with Crippen molar-refractivity contribution in [2.45, 2.75) is 61.3 Å². The Labute approximate surface area is 114 Å². The van der Waals surface area contributed by atoms with Gasteiger partial charge in [0.2, 0.25) is 0 Å². The van der Waals surface area contributed by atoms with Crippen LogP contribution in [0.3, 0.4) is 0 Å².